The summed E-state index contributed by atoms with van der Waals surface area (Å²) in [6.07, 6.45) is -9.40. The summed E-state index contributed by atoms with van der Waals surface area (Å²) in [6, 6.07) is 9.48. The van der Waals surface area contributed by atoms with E-state index in [1.54, 1.807) is 26.0 Å². The van der Waals surface area contributed by atoms with Crippen molar-refractivity contribution in [3.05, 3.63) is 115 Å². The fraction of sp³-hybridized carbons (Fsp3) is 0.133. The van der Waals surface area contributed by atoms with E-state index in [2.05, 4.69) is 9.69 Å². The molecule has 0 amide bonds. The van der Waals surface area contributed by atoms with Crippen molar-refractivity contribution in [3.8, 4) is 34.4 Å². The van der Waals surface area contributed by atoms with Crippen LogP contribution in [0.2, 0.25) is 0 Å². The van der Waals surface area contributed by atoms with Gasteiger partial charge in [-0.25, -0.2) is 20.2 Å². The van der Waals surface area contributed by atoms with Gasteiger partial charge in [-0.05, 0) is 93.7 Å². The summed E-state index contributed by atoms with van der Waals surface area (Å²) in [5, 5.41) is 19.5. The molecule has 0 fully saturated rings. The van der Waals surface area contributed by atoms with Crippen molar-refractivity contribution >= 4 is 11.1 Å². The van der Waals surface area contributed by atoms with E-state index in [-0.39, 0.29) is 22.3 Å². The van der Waals surface area contributed by atoms with Crippen molar-refractivity contribution in [2.45, 2.75) is 26.2 Å². The van der Waals surface area contributed by atoms with Crippen LogP contribution in [0.1, 0.15) is 44.5 Å². The number of nitrogens with zero attached hydrogens (tertiary/aromatic N) is 4. The monoisotopic (exact) mass is 542 g/mol. The van der Waals surface area contributed by atoms with Crippen molar-refractivity contribution in [2.24, 2.45) is 0 Å². The van der Waals surface area contributed by atoms with Crippen molar-refractivity contribution in [1.29, 1.82) is 10.5 Å². The average molecular weight is 542 g/mol. The molecule has 0 aromatic heterocycles. The highest BCUT2D eigenvalue weighted by molar-refractivity contribution is 6.13. The van der Waals surface area contributed by atoms with Gasteiger partial charge in [-0.2, -0.15) is 26.3 Å². The van der Waals surface area contributed by atoms with Crippen molar-refractivity contribution < 1.29 is 26.3 Å². The lowest BCUT2D eigenvalue weighted by Gasteiger charge is -2.18. The van der Waals surface area contributed by atoms with Gasteiger partial charge in [0.25, 0.3) is 11.4 Å². The zero-order valence-corrected chi connectivity index (χ0v) is 20.5. The minimum atomic E-state index is -4.70. The lowest BCUT2D eigenvalue weighted by atomic mass is 9.85. The van der Waals surface area contributed by atoms with Crippen LogP contribution in [0.5, 0.6) is 0 Å². The van der Waals surface area contributed by atoms with Gasteiger partial charge in [-0.1, -0.05) is 12.1 Å². The van der Waals surface area contributed by atoms with Gasteiger partial charge in [0.15, 0.2) is 0 Å². The van der Waals surface area contributed by atoms with Gasteiger partial charge in [0.2, 0.25) is 0 Å². The maximum Gasteiger partial charge on any atom is 0.416 e. The molecule has 3 aromatic rings. The number of nitriles is 2. The number of halogens is 6. The SMILES string of the molecule is [C-]#[N+]C(C#N)=C1c2cc(C(F)(F)F)ccc2-c2c(C)c3c(c(C)c21)-c1ccc(C(F)(F)F)cc1C3=C(C#N)[N+]#[C-]. The molecule has 0 heterocycles. The Morgan fingerprint density at radius 3 is 1.25 bits per heavy atom. The molecule has 4 nitrogen and oxygen atoms in total. The Morgan fingerprint density at radius 2 is 0.975 bits per heavy atom. The number of alkyl halides is 6. The first kappa shape index (κ1) is 26.3. The van der Waals surface area contributed by atoms with Crippen LogP contribution in [0.25, 0.3) is 43.1 Å². The predicted octanol–water partition coefficient (Wildman–Crippen LogP) is 8.71. The van der Waals surface area contributed by atoms with Gasteiger partial charge < -0.3 is 0 Å². The van der Waals surface area contributed by atoms with E-state index in [1.807, 2.05) is 0 Å². The summed E-state index contributed by atoms with van der Waals surface area (Å²) in [4.78, 5) is 6.53. The molecule has 0 aliphatic heterocycles. The number of fused-ring (bicyclic) bond motifs is 6. The summed E-state index contributed by atoms with van der Waals surface area (Å²) in [6.45, 7) is 18.3. The molecule has 10 heteroatoms. The molecule has 3 aromatic carbocycles. The molecular weight excluding hydrogens is 530 g/mol. The van der Waals surface area contributed by atoms with Crippen LogP contribution in [0.15, 0.2) is 47.8 Å². The van der Waals surface area contributed by atoms with Gasteiger partial charge in [-0.3, -0.25) is 0 Å². The molecule has 0 N–H and O–H groups in total. The first-order chi connectivity index (χ1) is 18.8. The lowest BCUT2D eigenvalue weighted by molar-refractivity contribution is -0.138. The number of benzene rings is 3. The Balaban J connectivity index is 1.99. The van der Waals surface area contributed by atoms with Crippen LogP contribution in [-0.2, 0) is 12.4 Å². The second kappa shape index (κ2) is 8.60. The van der Waals surface area contributed by atoms with Crippen LogP contribution in [0.4, 0.5) is 26.3 Å². The zero-order valence-electron chi connectivity index (χ0n) is 20.5. The van der Waals surface area contributed by atoms with Crippen LogP contribution < -0.4 is 0 Å². The van der Waals surface area contributed by atoms with Gasteiger partial charge >= 0.3 is 12.4 Å². The van der Waals surface area contributed by atoms with E-state index >= 15 is 0 Å². The van der Waals surface area contributed by atoms with E-state index in [9.17, 15) is 36.9 Å². The third-order valence-electron chi connectivity index (χ3n) is 7.18. The fourth-order valence-corrected chi connectivity index (χ4v) is 5.62. The number of hydrogen-bond donors (Lipinski definition) is 0. The van der Waals surface area contributed by atoms with Crippen LogP contribution in [0, 0.1) is 49.7 Å². The topological polar surface area (TPSA) is 56.3 Å². The summed E-state index contributed by atoms with van der Waals surface area (Å²) in [7, 11) is 0. The van der Waals surface area contributed by atoms with Gasteiger partial charge in [0.05, 0.1) is 36.4 Å². The van der Waals surface area contributed by atoms with Crippen LogP contribution >= 0.6 is 0 Å². The predicted molar refractivity (Wildman–Crippen MR) is 133 cm³/mol. The third kappa shape index (κ3) is 3.51. The molecule has 40 heavy (non-hydrogen) atoms. The smallest absolute Gasteiger partial charge is 0.226 e. The Labute approximate surface area is 224 Å². The molecule has 194 valence electrons. The molecule has 0 bridgehead atoms. The highest BCUT2D eigenvalue weighted by Crippen LogP contribution is 2.58. The first-order valence-corrected chi connectivity index (χ1v) is 11.5. The van der Waals surface area contributed by atoms with Crippen molar-refractivity contribution in [2.75, 3.05) is 0 Å². The highest BCUT2D eigenvalue weighted by Gasteiger charge is 2.41. The van der Waals surface area contributed by atoms with Gasteiger partial charge in [-0.15, -0.1) is 0 Å². The molecular formula is C30H12F6N4. The van der Waals surface area contributed by atoms with E-state index in [4.69, 9.17) is 13.1 Å². The Morgan fingerprint density at radius 1 is 0.625 bits per heavy atom. The highest BCUT2D eigenvalue weighted by atomic mass is 19.4. The number of hydrogen-bond acceptors (Lipinski definition) is 2. The summed E-state index contributed by atoms with van der Waals surface area (Å²) in [5.41, 5.74) is -0.0356. The third-order valence-corrected chi connectivity index (χ3v) is 7.18. The molecule has 2 aliphatic carbocycles. The van der Waals surface area contributed by atoms with Gasteiger partial charge in [0, 0.05) is 11.1 Å². The lowest BCUT2D eigenvalue weighted by Crippen LogP contribution is -2.05. The maximum absolute atomic E-state index is 13.6. The van der Waals surface area contributed by atoms with E-state index < -0.39 is 34.9 Å². The van der Waals surface area contributed by atoms with Crippen LogP contribution in [-0.4, -0.2) is 0 Å². The largest absolute Gasteiger partial charge is 0.416 e. The molecule has 0 saturated carbocycles. The van der Waals surface area contributed by atoms with Crippen molar-refractivity contribution in [1.82, 2.24) is 0 Å². The van der Waals surface area contributed by atoms with E-state index in [0.717, 1.165) is 24.3 Å². The Hall–Kier alpha value is -5.32. The second-order valence-electron chi connectivity index (χ2n) is 9.16. The molecule has 0 radical (unpaired) electrons. The Bertz CT molecular complexity index is 1750. The standard InChI is InChI=1S/C30H12F6N4/c1-13-23-17-7-5-15(29(31,32)33)9-19(17)28(22(12-38)40-4)26(23)14(2)24-18-8-6-16(30(34,35)36)10-20(18)27(25(13)24)21(11-37)39-3/h5-10H,1-2H3. The normalized spacial score (nSPS) is 15.5. The molecule has 0 saturated heterocycles. The number of allylic oxidation sites excluding steroid dienone is 2. The maximum atomic E-state index is 13.6. The van der Waals surface area contributed by atoms with Gasteiger partial charge in [0.1, 0.15) is 0 Å². The van der Waals surface area contributed by atoms with E-state index in [1.165, 1.54) is 12.1 Å². The minimum Gasteiger partial charge on any atom is -0.226 e. The number of rotatable bonds is 0. The second-order valence-corrected chi connectivity index (χ2v) is 9.16. The van der Waals surface area contributed by atoms with E-state index in [0.29, 0.717) is 44.5 Å². The summed E-state index contributed by atoms with van der Waals surface area (Å²) >= 11 is 0. The molecule has 2 aliphatic rings. The molecule has 5 rings (SSSR count). The van der Waals surface area contributed by atoms with Crippen molar-refractivity contribution in [3.63, 3.8) is 0 Å². The molecule has 0 spiro atoms. The fourth-order valence-electron chi connectivity index (χ4n) is 5.62. The first-order valence-electron chi connectivity index (χ1n) is 11.5. The quantitative estimate of drug-likeness (QED) is 0.112. The Kier molecular flexibility index (Phi) is 5.65. The molecule has 0 atom stereocenters. The molecule has 0 unspecified atom stereocenters. The summed E-state index contributed by atoms with van der Waals surface area (Å²) in [5.74, 6) is 0. The zero-order chi connectivity index (χ0) is 29.3. The minimum absolute atomic E-state index is 0.00595. The average Bonchev–Trinajstić information content (AvgIpc) is 3.42. The summed E-state index contributed by atoms with van der Waals surface area (Å²) < 4.78 is 81.8. The van der Waals surface area contributed by atoms with Crippen LogP contribution in [0.3, 0.4) is 0 Å².